The van der Waals surface area contributed by atoms with E-state index in [4.69, 9.17) is 0 Å². The van der Waals surface area contributed by atoms with E-state index in [2.05, 4.69) is 9.97 Å². The van der Waals surface area contributed by atoms with Crippen molar-refractivity contribution in [2.45, 2.75) is 19.3 Å². The molecule has 1 aromatic heterocycles. The third-order valence-corrected chi connectivity index (χ3v) is 2.75. The second kappa shape index (κ2) is 3.72. The van der Waals surface area contributed by atoms with E-state index >= 15 is 0 Å². The fourth-order valence-electron chi connectivity index (χ4n) is 1.55. The number of aliphatic hydroxyl groups is 1. The molecule has 4 nitrogen and oxygen atoms in total. The lowest BCUT2D eigenvalue weighted by Crippen LogP contribution is -2.22. The summed E-state index contributed by atoms with van der Waals surface area (Å²) in [6.07, 6.45) is 1.26. The van der Waals surface area contributed by atoms with Gasteiger partial charge in [-0.15, -0.1) is 0 Å². The van der Waals surface area contributed by atoms with Gasteiger partial charge in [-0.1, -0.05) is 19.9 Å². The van der Waals surface area contributed by atoms with Crippen molar-refractivity contribution in [1.29, 1.82) is 0 Å². The summed E-state index contributed by atoms with van der Waals surface area (Å²) < 4.78 is 0. The molecule has 2 rings (SSSR count). The van der Waals surface area contributed by atoms with E-state index in [1.807, 2.05) is 32.0 Å². The van der Waals surface area contributed by atoms with Crippen molar-refractivity contribution >= 4 is 11.0 Å². The van der Waals surface area contributed by atoms with Crippen LogP contribution >= 0.6 is 0 Å². The molecule has 16 heavy (non-hydrogen) atoms. The maximum Gasteiger partial charge on any atom is 0.266 e. The maximum atomic E-state index is 11.1. The zero-order valence-corrected chi connectivity index (χ0v) is 9.32. The zero-order chi connectivity index (χ0) is 11.8. The number of nitrogens with one attached hydrogen (secondary N) is 1. The van der Waals surface area contributed by atoms with E-state index in [9.17, 15) is 9.90 Å². The van der Waals surface area contributed by atoms with E-state index in [1.54, 1.807) is 0 Å². The van der Waals surface area contributed by atoms with E-state index in [0.717, 1.165) is 11.1 Å². The molecule has 0 atom stereocenters. The molecule has 0 aliphatic carbocycles. The largest absolute Gasteiger partial charge is 0.395 e. The van der Waals surface area contributed by atoms with Crippen molar-refractivity contribution in [2.24, 2.45) is 0 Å². The molecule has 2 N–H and O–H groups in total. The Morgan fingerprint density at radius 3 is 2.88 bits per heavy atom. The summed E-state index contributed by atoms with van der Waals surface area (Å²) in [7, 11) is 0. The van der Waals surface area contributed by atoms with Crippen LogP contribution in [-0.2, 0) is 5.41 Å². The first-order valence-corrected chi connectivity index (χ1v) is 5.13. The molecule has 0 saturated carbocycles. The molecule has 0 fully saturated rings. The van der Waals surface area contributed by atoms with Gasteiger partial charge in [0.25, 0.3) is 5.56 Å². The summed E-state index contributed by atoms with van der Waals surface area (Å²) in [6, 6.07) is 5.61. The van der Waals surface area contributed by atoms with E-state index in [1.165, 1.54) is 6.20 Å². The van der Waals surface area contributed by atoms with Gasteiger partial charge in [-0.2, -0.15) is 0 Å². The number of hydrogen-bond donors (Lipinski definition) is 2. The number of aromatic nitrogens is 2. The van der Waals surface area contributed by atoms with Crippen molar-refractivity contribution in [3.63, 3.8) is 0 Å². The predicted molar refractivity (Wildman–Crippen MR) is 62.5 cm³/mol. The average Bonchev–Trinajstić information content (AvgIpc) is 2.28. The van der Waals surface area contributed by atoms with E-state index < -0.39 is 0 Å². The Hall–Kier alpha value is -1.68. The molecule has 0 bridgehead atoms. The van der Waals surface area contributed by atoms with Gasteiger partial charge in [0.1, 0.15) is 0 Å². The average molecular weight is 218 g/mol. The molecule has 0 aliphatic rings. The molecule has 0 radical (unpaired) electrons. The molecular weight excluding hydrogens is 204 g/mol. The molecular formula is C12H14N2O2. The monoisotopic (exact) mass is 218 g/mol. The summed E-state index contributed by atoms with van der Waals surface area (Å²) in [5.74, 6) is 0. The van der Waals surface area contributed by atoms with Gasteiger partial charge in [0.05, 0.1) is 23.8 Å². The van der Waals surface area contributed by atoms with E-state index in [-0.39, 0.29) is 17.6 Å². The smallest absolute Gasteiger partial charge is 0.266 e. The van der Waals surface area contributed by atoms with Crippen LogP contribution in [0.4, 0.5) is 0 Å². The number of fused-ring (bicyclic) bond motifs is 1. The lowest BCUT2D eigenvalue weighted by atomic mass is 9.85. The highest BCUT2D eigenvalue weighted by Gasteiger charge is 2.19. The van der Waals surface area contributed by atoms with Crippen LogP contribution in [0.2, 0.25) is 0 Å². The lowest BCUT2D eigenvalue weighted by molar-refractivity contribution is 0.218. The van der Waals surface area contributed by atoms with Gasteiger partial charge in [-0.3, -0.25) is 4.79 Å². The molecule has 2 aromatic rings. The van der Waals surface area contributed by atoms with Crippen LogP contribution in [-0.4, -0.2) is 21.7 Å². The van der Waals surface area contributed by atoms with Gasteiger partial charge in [0, 0.05) is 5.41 Å². The third-order valence-electron chi connectivity index (χ3n) is 2.75. The third kappa shape index (κ3) is 1.84. The predicted octanol–water partition coefficient (Wildman–Crippen LogP) is 1.19. The Bertz CT molecular complexity index is 572. The number of H-pyrrole nitrogens is 1. The first-order chi connectivity index (χ1) is 7.53. The summed E-state index contributed by atoms with van der Waals surface area (Å²) in [5.41, 5.74) is 1.94. The zero-order valence-electron chi connectivity index (χ0n) is 9.32. The normalized spacial score (nSPS) is 11.9. The summed E-state index contributed by atoms with van der Waals surface area (Å²) >= 11 is 0. The molecule has 0 saturated heterocycles. The first kappa shape index (κ1) is 10.8. The standard InChI is InChI=1S/C12H14N2O2/c1-12(2,7-15)8-3-4-9-10(5-8)13-6-11(16)14-9/h3-6,15H,7H2,1-2H3,(H,14,16). The van der Waals surface area contributed by atoms with Gasteiger partial charge < -0.3 is 10.1 Å². The SMILES string of the molecule is CC(C)(CO)c1ccc2[nH]c(=O)cnc2c1. The van der Waals surface area contributed by atoms with Crippen LogP contribution in [0.1, 0.15) is 19.4 Å². The fraction of sp³-hybridized carbons (Fsp3) is 0.333. The number of hydrogen-bond acceptors (Lipinski definition) is 3. The number of aromatic amines is 1. The molecule has 84 valence electrons. The molecule has 4 heteroatoms. The summed E-state index contributed by atoms with van der Waals surface area (Å²) in [6.45, 7) is 3.99. The van der Waals surface area contributed by atoms with Crippen molar-refractivity contribution in [2.75, 3.05) is 6.61 Å². The van der Waals surface area contributed by atoms with Crippen LogP contribution in [0.3, 0.4) is 0 Å². The Labute approximate surface area is 93.0 Å². The van der Waals surface area contributed by atoms with Crippen molar-refractivity contribution in [3.05, 3.63) is 40.3 Å². The van der Waals surface area contributed by atoms with Gasteiger partial charge in [-0.05, 0) is 17.7 Å². The lowest BCUT2D eigenvalue weighted by Gasteiger charge is -2.22. The number of nitrogens with zero attached hydrogens (tertiary/aromatic N) is 1. The van der Waals surface area contributed by atoms with E-state index in [0.29, 0.717) is 5.52 Å². The molecule has 0 aliphatic heterocycles. The minimum atomic E-state index is -0.300. The maximum absolute atomic E-state index is 11.1. The number of aliphatic hydroxyl groups excluding tert-OH is 1. The summed E-state index contributed by atoms with van der Waals surface area (Å²) in [4.78, 5) is 17.8. The van der Waals surface area contributed by atoms with Crippen molar-refractivity contribution < 1.29 is 5.11 Å². The highest BCUT2D eigenvalue weighted by atomic mass is 16.3. The van der Waals surface area contributed by atoms with Crippen LogP contribution in [0.25, 0.3) is 11.0 Å². The highest BCUT2D eigenvalue weighted by Crippen LogP contribution is 2.24. The van der Waals surface area contributed by atoms with Crippen molar-refractivity contribution in [3.8, 4) is 0 Å². The van der Waals surface area contributed by atoms with Gasteiger partial charge >= 0.3 is 0 Å². The quantitative estimate of drug-likeness (QED) is 0.795. The number of benzene rings is 1. The molecule has 0 amide bonds. The van der Waals surface area contributed by atoms with Crippen LogP contribution in [0, 0.1) is 0 Å². The van der Waals surface area contributed by atoms with Gasteiger partial charge in [0.15, 0.2) is 0 Å². The van der Waals surface area contributed by atoms with Crippen molar-refractivity contribution in [1.82, 2.24) is 9.97 Å². The Kier molecular flexibility index (Phi) is 2.52. The number of rotatable bonds is 2. The minimum absolute atomic E-state index is 0.0713. The minimum Gasteiger partial charge on any atom is -0.395 e. The molecule has 1 heterocycles. The second-order valence-electron chi connectivity index (χ2n) is 4.52. The Morgan fingerprint density at radius 1 is 1.44 bits per heavy atom. The fourth-order valence-corrected chi connectivity index (χ4v) is 1.55. The molecule has 0 unspecified atom stereocenters. The Balaban J connectivity index is 2.61. The summed E-state index contributed by atoms with van der Waals surface area (Å²) in [5, 5.41) is 9.29. The first-order valence-electron chi connectivity index (χ1n) is 5.13. The molecule has 0 spiro atoms. The molecule has 1 aromatic carbocycles. The second-order valence-corrected chi connectivity index (χ2v) is 4.52. The topological polar surface area (TPSA) is 66.0 Å². The van der Waals surface area contributed by atoms with Crippen LogP contribution < -0.4 is 5.56 Å². The van der Waals surface area contributed by atoms with Gasteiger partial charge in [0.2, 0.25) is 0 Å². The van der Waals surface area contributed by atoms with Crippen LogP contribution in [0.15, 0.2) is 29.2 Å². The Morgan fingerprint density at radius 2 is 2.19 bits per heavy atom. The van der Waals surface area contributed by atoms with Gasteiger partial charge in [-0.25, -0.2) is 4.98 Å². The highest BCUT2D eigenvalue weighted by molar-refractivity contribution is 5.74. The van der Waals surface area contributed by atoms with Crippen LogP contribution in [0.5, 0.6) is 0 Å².